The van der Waals surface area contributed by atoms with Crippen LogP contribution in [0.4, 0.5) is 0 Å². The Morgan fingerprint density at radius 3 is 2.67 bits per heavy atom. The third-order valence-corrected chi connectivity index (χ3v) is 3.71. The summed E-state index contributed by atoms with van der Waals surface area (Å²) in [5.74, 6) is 0.948. The zero-order chi connectivity index (χ0) is 13.0. The highest BCUT2D eigenvalue weighted by molar-refractivity contribution is 5.36. The molecule has 0 radical (unpaired) electrons. The minimum atomic E-state index is -0.0865. The topological polar surface area (TPSA) is 41.5 Å². The van der Waals surface area contributed by atoms with Gasteiger partial charge < -0.3 is 15.2 Å². The van der Waals surface area contributed by atoms with Crippen molar-refractivity contribution < 1.29 is 9.84 Å². The second-order valence-corrected chi connectivity index (χ2v) is 5.20. The summed E-state index contributed by atoms with van der Waals surface area (Å²) in [6.07, 6.45) is 3.88. The smallest absolute Gasteiger partial charge is 0.123 e. The van der Waals surface area contributed by atoms with Crippen LogP contribution in [0, 0.1) is 6.92 Å². The molecule has 2 N–H and O–H groups in total. The van der Waals surface area contributed by atoms with E-state index in [1.54, 1.807) is 7.11 Å². The van der Waals surface area contributed by atoms with Crippen molar-refractivity contribution in [1.29, 1.82) is 0 Å². The van der Waals surface area contributed by atoms with Crippen LogP contribution in [0.3, 0.4) is 0 Å². The van der Waals surface area contributed by atoms with Gasteiger partial charge in [0.25, 0.3) is 0 Å². The van der Waals surface area contributed by atoms with Crippen LogP contribution in [0.2, 0.25) is 0 Å². The number of hydrogen-bond donors (Lipinski definition) is 2. The summed E-state index contributed by atoms with van der Waals surface area (Å²) in [4.78, 5) is 0. The summed E-state index contributed by atoms with van der Waals surface area (Å²) in [6.45, 7) is 2.94. The molecule has 18 heavy (non-hydrogen) atoms. The molecular weight excluding hydrogens is 226 g/mol. The molecule has 3 nitrogen and oxygen atoms in total. The quantitative estimate of drug-likeness (QED) is 0.861. The fourth-order valence-corrected chi connectivity index (χ4v) is 2.58. The fourth-order valence-electron chi connectivity index (χ4n) is 2.58. The first kappa shape index (κ1) is 13.4. The predicted molar refractivity (Wildman–Crippen MR) is 72.8 cm³/mol. The number of ether oxygens (including phenoxy) is 1. The Bertz CT molecular complexity index is 384. The van der Waals surface area contributed by atoms with Gasteiger partial charge in [0, 0.05) is 18.2 Å². The monoisotopic (exact) mass is 249 g/mol. The maximum Gasteiger partial charge on any atom is 0.123 e. The van der Waals surface area contributed by atoms with Crippen LogP contribution < -0.4 is 10.1 Å². The Kier molecular flexibility index (Phi) is 4.61. The molecule has 0 aliphatic heterocycles. The van der Waals surface area contributed by atoms with Crippen molar-refractivity contribution in [2.45, 2.75) is 51.3 Å². The van der Waals surface area contributed by atoms with Crippen LogP contribution in [0.5, 0.6) is 5.75 Å². The van der Waals surface area contributed by atoms with Gasteiger partial charge in [0.1, 0.15) is 5.75 Å². The first-order valence-corrected chi connectivity index (χ1v) is 6.74. The molecule has 0 bridgehead atoms. The van der Waals surface area contributed by atoms with Crippen LogP contribution in [-0.4, -0.2) is 24.4 Å². The number of aryl methyl sites for hydroxylation is 1. The molecule has 1 aliphatic rings. The molecule has 1 saturated carbocycles. The van der Waals surface area contributed by atoms with E-state index in [0.29, 0.717) is 6.04 Å². The molecule has 1 aromatic rings. The minimum Gasteiger partial charge on any atom is -0.496 e. The zero-order valence-corrected chi connectivity index (χ0v) is 11.3. The van der Waals surface area contributed by atoms with Crippen LogP contribution in [0.15, 0.2) is 18.2 Å². The third-order valence-electron chi connectivity index (χ3n) is 3.71. The first-order chi connectivity index (χ1) is 8.69. The Morgan fingerprint density at radius 1 is 1.28 bits per heavy atom. The van der Waals surface area contributed by atoms with Gasteiger partial charge in [-0.1, -0.05) is 17.7 Å². The number of nitrogens with one attached hydrogen (secondary N) is 1. The summed E-state index contributed by atoms with van der Waals surface area (Å²) < 4.78 is 5.38. The van der Waals surface area contributed by atoms with E-state index >= 15 is 0 Å². The lowest BCUT2D eigenvalue weighted by atomic mass is 9.93. The van der Waals surface area contributed by atoms with E-state index < -0.39 is 0 Å². The maximum absolute atomic E-state index is 9.48. The second kappa shape index (κ2) is 6.21. The predicted octanol–water partition coefficient (Wildman–Crippen LogP) is 2.40. The molecular formula is C15H23NO2. The van der Waals surface area contributed by atoms with E-state index in [2.05, 4.69) is 24.4 Å². The van der Waals surface area contributed by atoms with Crippen LogP contribution in [0.1, 0.15) is 36.8 Å². The van der Waals surface area contributed by atoms with E-state index in [1.807, 2.05) is 6.07 Å². The molecule has 1 aliphatic carbocycles. The van der Waals surface area contributed by atoms with E-state index in [4.69, 9.17) is 4.74 Å². The zero-order valence-electron chi connectivity index (χ0n) is 11.3. The number of methoxy groups -OCH3 is 1. The van der Waals surface area contributed by atoms with E-state index in [9.17, 15) is 5.11 Å². The van der Waals surface area contributed by atoms with Crippen LogP contribution in [-0.2, 0) is 6.54 Å². The van der Waals surface area contributed by atoms with Gasteiger partial charge in [-0.15, -0.1) is 0 Å². The molecule has 0 saturated heterocycles. The largest absolute Gasteiger partial charge is 0.496 e. The van der Waals surface area contributed by atoms with Gasteiger partial charge in [0.15, 0.2) is 0 Å². The normalized spacial score (nSPS) is 23.9. The molecule has 0 heterocycles. The van der Waals surface area contributed by atoms with Crippen molar-refractivity contribution in [1.82, 2.24) is 5.32 Å². The van der Waals surface area contributed by atoms with Gasteiger partial charge in [-0.3, -0.25) is 0 Å². The van der Waals surface area contributed by atoms with E-state index in [-0.39, 0.29) is 6.10 Å². The molecule has 1 aromatic carbocycles. The van der Waals surface area contributed by atoms with Crippen molar-refractivity contribution >= 4 is 0 Å². The molecule has 2 rings (SSSR count). The molecule has 0 unspecified atom stereocenters. The summed E-state index contributed by atoms with van der Waals surface area (Å²) in [6, 6.07) is 6.79. The maximum atomic E-state index is 9.48. The van der Waals surface area contributed by atoms with Gasteiger partial charge in [-0.25, -0.2) is 0 Å². The second-order valence-electron chi connectivity index (χ2n) is 5.20. The third kappa shape index (κ3) is 3.47. The van der Waals surface area contributed by atoms with Crippen molar-refractivity contribution in [3.63, 3.8) is 0 Å². The van der Waals surface area contributed by atoms with Gasteiger partial charge >= 0.3 is 0 Å². The fraction of sp³-hybridized carbons (Fsp3) is 0.600. The van der Waals surface area contributed by atoms with Crippen molar-refractivity contribution in [2.24, 2.45) is 0 Å². The minimum absolute atomic E-state index is 0.0865. The SMILES string of the molecule is COc1ccc(C)cc1CNC1CCC(O)CC1. The molecule has 0 aromatic heterocycles. The average molecular weight is 249 g/mol. The Morgan fingerprint density at radius 2 is 2.00 bits per heavy atom. The Hall–Kier alpha value is -1.06. The molecule has 0 atom stereocenters. The Balaban J connectivity index is 1.91. The number of rotatable bonds is 4. The molecule has 3 heteroatoms. The first-order valence-electron chi connectivity index (χ1n) is 6.74. The van der Waals surface area contributed by atoms with Gasteiger partial charge in [-0.2, -0.15) is 0 Å². The molecule has 0 amide bonds. The highest BCUT2D eigenvalue weighted by atomic mass is 16.5. The van der Waals surface area contributed by atoms with Gasteiger partial charge in [-0.05, 0) is 38.7 Å². The van der Waals surface area contributed by atoms with Crippen LogP contribution >= 0.6 is 0 Å². The summed E-state index contributed by atoms with van der Waals surface area (Å²) in [7, 11) is 1.71. The number of benzene rings is 1. The number of hydrogen-bond acceptors (Lipinski definition) is 3. The standard InChI is InChI=1S/C15H23NO2/c1-11-3-8-15(18-2)12(9-11)10-16-13-4-6-14(17)7-5-13/h3,8-9,13-14,16-17H,4-7,10H2,1-2H3. The van der Waals surface area contributed by atoms with Crippen molar-refractivity contribution in [3.05, 3.63) is 29.3 Å². The van der Waals surface area contributed by atoms with Gasteiger partial charge in [0.05, 0.1) is 13.2 Å². The lowest BCUT2D eigenvalue weighted by Crippen LogP contribution is -2.34. The van der Waals surface area contributed by atoms with E-state index in [0.717, 1.165) is 38.0 Å². The molecule has 0 spiro atoms. The van der Waals surface area contributed by atoms with Gasteiger partial charge in [0.2, 0.25) is 0 Å². The van der Waals surface area contributed by atoms with E-state index in [1.165, 1.54) is 11.1 Å². The summed E-state index contributed by atoms with van der Waals surface area (Å²) in [5, 5.41) is 13.1. The Labute approximate surface area is 109 Å². The summed E-state index contributed by atoms with van der Waals surface area (Å²) >= 11 is 0. The average Bonchev–Trinajstić information content (AvgIpc) is 2.38. The van der Waals surface area contributed by atoms with Crippen molar-refractivity contribution in [3.8, 4) is 5.75 Å². The lowest BCUT2D eigenvalue weighted by Gasteiger charge is -2.26. The van der Waals surface area contributed by atoms with Crippen molar-refractivity contribution in [2.75, 3.05) is 7.11 Å². The lowest BCUT2D eigenvalue weighted by molar-refractivity contribution is 0.116. The number of aliphatic hydroxyl groups excluding tert-OH is 1. The molecule has 1 fully saturated rings. The highest BCUT2D eigenvalue weighted by Crippen LogP contribution is 2.22. The number of aliphatic hydroxyl groups is 1. The molecule has 100 valence electrons. The van der Waals surface area contributed by atoms with Crippen LogP contribution in [0.25, 0.3) is 0 Å². The highest BCUT2D eigenvalue weighted by Gasteiger charge is 2.18. The summed E-state index contributed by atoms with van der Waals surface area (Å²) in [5.41, 5.74) is 2.47.